The SMILES string of the molecule is CC[C@H]1OC(=O)[C@H](C)[C@@H](O[C@H]2C[C@@](C)(OC)[C@@H](O)[C@H](C)O2)[C@H](C)[C@@H](O[C@@H]2O[C@H](C)C[C@H](N(C)C)[C@H]2O)[C@](C)(OC(N)=O)C[C@@H](C)C(=O)[C@H](C)[C@H]2NC(=O)O[C@@]21C.[Ac]. The van der Waals surface area contributed by atoms with E-state index in [1.54, 1.807) is 62.3 Å². The van der Waals surface area contributed by atoms with Gasteiger partial charge in [0.05, 0.1) is 35.9 Å². The summed E-state index contributed by atoms with van der Waals surface area (Å²) in [7, 11) is 5.14. The Morgan fingerprint density at radius 1 is 0.965 bits per heavy atom. The van der Waals surface area contributed by atoms with Crippen LogP contribution in [-0.2, 0) is 47.5 Å². The first kappa shape index (κ1) is 50.2. The van der Waals surface area contributed by atoms with E-state index in [2.05, 4.69) is 5.32 Å². The normalized spacial score (nSPS) is 46.1. The van der Waals surface area contributed by atoms with E-state index in [0.29, 0.717) is 6.42 Å². The van der Waals surface area contributed by atoms with Crippen LogP contribution in [0, 0.1) is 67.7 Å². The van der Waals surface area contributed by atoms with Gasteiger partial charge in [0.1, 0.15) is 35.8 Å². The van der Waals surface area contributed by atoms with E-state index < -0.39 is 114 Å². The number of carbonyl (C=O) groups excluding carboxylic acids is 4. The molecule has 0 saturated carbocycles. The number of Topliss-reactive ketones (excluding diaryl/α,β-unsaturated/α-hetero) is 1. The average Bonchev–Trinajstić information content (AvgIpc) is 3.43. The van der Waals surface area contributed by atoms with Gasteiger partial charge in [-0.15, -0.1) is 0 Å². The summed E-state index contributed by atoms with van der Waals surface area (Å²) in [6.45, 7) is 17.0. The summed E-state index contributed by atoms with van der Waals surface area (Å²) in [6.07, 6.45) is -10.1. The Hall–Kier alpha value is -1.20. The number of hydrogen-bond donors (Lipinski definition) is 4. The van der Waals surface area contributed by atoms with Gasteiger partial charge in [0.15, 0.2) is 18.2 Å². The van der Waals surface area contributed by atoms with Crippen molar-refractivity contribution < 1.29 is 111 Å². The van der Waals surface area contributed by atoms with Crippen molar-refractivity contribution in [3.8, 4) is 0 Å². The van der Waals surface area contributed by atoms with Crippen LogP contribution < -0.4 is 11.1 Å². The van der Waals surface area contributed by atoms with Crippen LogP contribution in [0.5, 0.6) is 0 Å². The van der Waals surface area contributed by atoms with Crippen molar-refractivity contribution in [3.63, 3.8) is 0 Å². The van der Waals surface area contributed by atoms with Crippen molar-refractivity contribution in [1.82, 2.24) is 10.2 Å². The van der Waals surface area contributed by atoms with E-state index in [1.165, 1.54) is 7.11 Å². The zero-order valence-electron chi connectivity index (χ0n) is 35.9. The standard InChI is InChI=1S/C39H67N3O14.Ac/c1-14-25-39(10)30(41-36(48)56-39)20(4)27(43)18(2)16-38(9,55-35(40)47)32(54-34-28(44)24(42(11)12)15-19(3)50-34)21(5)29(22(6)33(46)52-25)53-26-17-37(8,49-13)31(45)23(7)51-26;/h18-26,28-32,34,44-45H,14-17H2,1-13H3,(H2,40,47)(H,41,48);/t18-,19-,20+,21+,22-,23+,24+,25-,26+,28-,29+,30-,31+,32-,34+,37-,38-,39-;/m1./s1. The molecule has 18 atom stereocenters. The van der Waals surface area contributed by atoms with Gasteiger partial charge in [-0.2, -0.15) is 0 Å². The smallest absolute Gasteiger partial charge is 0.408 e. The fourth-order valence-corrected chi connectivity index (χ4v) is 9.47. The predicted molar refractivity (Wildman–Crippen MR) is 200 cm³/mol. The predicted octanol–water partition coefficient (Wildman–Crippen LogP) is 2.64. The van der Waals surface area contributed by atoms with Gasteiger partial charge in [0.25, 0.3) is 0 Å². The van der Waals surface area contributed by atoms with Gasteiger partial charge in [0, 0.05) is 81.4 Å². The molecule has 0 aromatic rings. The van der Waals surface area contributed by atoms with Gasteiger partial charge >= 0.3 is 18.2 Å². The van der Waals surface area contributed by atoms with E-state index in [4.69, 9.17) is 43.6 Å². The van der Waals surface area contributed by atoms with Crippen LogP contribution >= 0.6 is 0 Å². The fourth-order valence-electron chi connectivity index (χ4n) is 9.47. The molecule has 4 saturated heterocycles. The number of amides is 2. The van der Waals surface area contributed by atoms with Crippen molar-refractivity contribution in [1.29, 1.82) is 0 Å². The number of aliphatic hydroxyl groups is 2. The van der Waals surface area contributed by atoms with Crippen LogP contribution in [0.1, 0.15) is 94.9 Å². The largest absolute Gasteiger partial charge is 0.458 e. The van der Waals surface area contributed by atoms with E-state index in [1.807, 2.05) is 25.9 Å². The molecular weight excluding hydrogens is 961 g/mol. The van der Waals surface area contributed by atoms with Crippen LogP contribution in [0.15, 0.2) is 0 Å². The quantitative estimate of drug-likeness (QED) is 0.203. The number of rotatable bonds is 8. The number of ether oxygens (including phenoxy) is 8. The Balaban J connectivity index is 0.00000870. The molecule has 57 heavy (non-hydrogen) atoms. The molecule has 4 aliphatic rings. The number of likely N-dealkylation sites (N-methyl/N-ethyl adjacent to an activating group) is 1. The third-order valence-corrected chi connectivity index (χ3v) is 12.8. The fraction of sp³-hybridized carbons (Fsp3) is 0.897. The Labute approximate surface area is 372 Å². The Kier molecular flexibility index (Phi) is 17.3. The topological polar surface area (TPSA) is 224 Å². The zero-order valence-corrected chi connectivity index (χ0v) is 40.6. The molecule has 5 N–H and O–H groups in total. The minimum Gasteiger partial charge on any atom is -0.458 e. The van der Waals surface area contributed by atoms with E-state index >= 15 is 0 Å². The summed E-state index contributed by atoms with van der Waals surface area (Å²) in [5.74, 6) is -4.68. The Morgan fingerprint density at radius 2 is 1.60 bits per heavy atom. The third-order valence-electron chi connectivity index (χ3n) is 12.8. The van der Waals surface area contributed by atoms with Crippen molar-refractivity contribution in [3.05, 3.63) is 0 Å². The maximum atomic E-state index is 14.5. The number of alkyl carbamates (subject to hydrolysis) is 1. The number of hydrogen-bond acceptors (Lipinski definition) is 15. The second kappa shape index (κ2) is 19.7. The number of fused-ring (bicyclic) bond motifs is 1. The number of esters is 1. The van der Waals surface area contributed by atoms with Gasteiger partial charge in [-0.3, -0.25) is 9.59 Å². The first-order chi connectivity index (χ1) is 25.9. The second-order valence-corrected chi connectivity index (χ2v) is 17.4. The summed E-state index contributed by atoms with van der Waals surface area (Å²) in [5, 5.41) is 25.4. The summed E-state index contributed by atoms with van der Waals surface area (Å²) >= 11 is 0. The van der Waals surface area contributed by atoms with Gasteiger partial charge < -0.3 is 64.1 Å². The molecule has 2 amide bonds. The molecule has 0 aromatic carbocycles. The maximum absolute atomic E-state index is 14.5. The molecule has 0 unspecified atom stereocenters. The molecule has 0 bridgehead atoms. The van der Waals surface area contributed by atoms with Crippen molar-refractivity contribution >= 4 is 23.9 Å². The molecular formula is C39H67AcN3O14. The molecule has 325 valence electrons. The van der Waals surface area contributed by atoms with Crippen molar-refractivity contribution in [2.45, 2.75) is 179 Å². The van der Waals surface area contributed by atoms with Gasteiger partial charge in [-0.25, -0.2) is 9.59 Å². The van der Waals surface area contributed by atoms with Crippen LogP contribution in [0.3, 0.4) is 0 Å². The molecule has 18 heteroatoms. The number of primary amides is 1. The maximum Gasteiger partial charge on any atom is 0.408 e. The van der Waals surface area contributed by atoms with Crippen LogP contribution in [0.25, 0.3) is 0 Å². The van der Waals surface area contributed by atoms with Crippen LogP contribution in [0.2, 0.25) is 0 Å². The Bertz CT molecular complexity index is 1430. The number of nitrogens with one attached hydrogen (secondary N) is 1. The number of carbonyl (C=O) groups is 4. The summed E-state index contributed by atoms with van der Waals surface area (Å²) in [6, 6.07) is -1.27. The number of methoxy groups -OCH3 is 1. The number of nitrogens with two attached hydrogens (primary N) is 1. The number of cyclic esters (lactones) is 1. The number of ketones is 1. The first-order valence-corrected chi connectivity index (χ1v) is 19.8. The first-order valence-electron chi connectivity index (χ1n) is 19.8. The minimum atomic E-state index is -1.71. The molecule has 0 aromatic heterocycles. The summed E-state index contributed by atoms with van der Waals surface area (Å²) in [5.41, 5.74) is 1.52. The molecule has 4 fully saturated rings. The molecule has 0 aliphatic carbocycles. The zero-order chi connectivity index (χ0) is 42.2. The number of nitrogens with zero attached hydrogens (tertiary/aromatic N) is 1. The van der Waals surface area contributed by atoms with Crippen LogP contribution in [-0.4, -0.2) is 144 Å². The minimum absolute atomic E-state index is 0. The van der Waals surface area contributed by atoms with Gasteiger partial charge in [-0.1, -0.05) is 27.7 Å². The Morgan fingerprint density at radius 3 is 2.16 bits per heavy atom. The average molecular weight is 1030 g/mol. The van der Waals surface area contributed by atoms with E-state index in [-0.39, 0.29) is 81.3 Å². The number of aliphatic hydroxyl groups excluding tert-OH is 2. The van der Waals surface area contributed by atoms with Crippen molar-refractivity contribution in [2.24, 2.45) is 29.4 Å². The summed E-state index contributed by atoms with van der Waals surface area (Å²) < 4.78 is 49.6. The van der Waals surface area contributed by atoms with Crippen molar-refractivity contribution in [2.75, 3.05) is 21.2 Å². The van der Waals surface area contributed by atoms with E-state index in [0.717, 1.165) is 0 Å². The van der Waals surface area contributed by atoms with Crippen LogP contribution in [0.4, 0.5) is 9.59 Å². The molecule has 4 rings (SSSR count). The third kappa shape index (κ3) is 10.6. The molecule has 4 aliphatic heterocycles. The van der Waals surface area contributed by atoms with Gasteiger partial charge in [0.2, 0.25) is 0 Å². The molecule has 17 nitrogen and oxygen atoms in total. The molecule has 1 radical (unpaired) electrons. The monoisotopic (exact) mass is 1030 g/mol. The van der Waals surface area contributed by atoms with E-state index in [9.17, 15) is 29.4 Å². The molecule has 0 spiro atoms. The second-order valence-electron chi connectivity index (χ2n) is 17.4. The summed E-state index contributed by atoms with van der Waals surface area (Å²) in [4.78, 5) is 56.4. The molecule has 4 heterocycles. The van der Waals surface area contributed by atoms with Gasteiger partial charge in [-0.05, 0) is 74.9 Å².